The topological polar surface area (TPSA) is 116 Å². The summed E-state index contributed by atoms with van der Waals surface area (Å²) in [5.74, 6) is -0.910. The highest BCUT2D eigenvalue weighted by molar-refractivity contribution is 7.20. The summed E-state index contributed by atoms with van der Waals surface area (Å²) in [4.78, 5) is 40.4. The lowest BCUT2D eigenvalue weighted by molar-refractivity contribution is -0.121. The first-order valence-electron chi connectivity index (χ1n) is 6.49. The van der Waals surface area contributed by atoms with Crippen LogP contribution in [-0.4, -0.2) is 41.6 Å². The van der Waals surface area contributed by atoms with Crippen molar-refractivity contribution in [2.75, 3.05) is 20.3 Å². The maximum absolute atomic E-state index is 12.4. The molecule has 0 aliphatic rings. The number of carbonyl (C=O) groups is 2. The number of rotatable bonds is 6. The maximum Gasteiger partial charge on any atom is 0.262 e. The molecule has 118 valence electrons. The second kappa shape index (κ2) is 6.67. The molecule has 2 heterocycles. The van der Waals surface area contributed by atoms with E-state index in [-0.39, 0.29) is 18.0 Å². The number of thiophene rings is 1. The Morgan fingerprint density at radius 1 is 1.50 bits per heavy atom. The number of ether oxygens (including phenoxy) is 1. The van der Waals surface area contributed by atoms with E-state index in [1.807, 2.05) is 0 Å². The van der Waals surface area contributed by atoms with Gasteiger partial charge in [-0.15, -0.1) is 11.3 Å². The number of carbonyl (C=O) groups excluding carboxylic acids is 2. The number of nitrogens with one attached hydrogen (secondary N) is 1. The summed E-state index contributed by atoms with van der Waals surface area (Å²) in [7, 11) is 1.53. The summed E-state index contributed by atoms with van der Waals surface area (Å²) in [6, 6.07) is 0. The van der Waals surface area contributed by atoms with Crippen LogP contribution in [0.1, 0.15) is 15.2 Å². The Labute approximate surface area is 129 Å². The quantitative estimate of drug-likeness (QED) is 0.703. The van der Waals surface area contributed by atoms with Crippen molar-refractivity contribution in [2.24, 2.45) is 5.73 Å². The average Bonchev–Trinajstić information content (AvgIpc) is 2.80. The molecule has 22 heavy (non-hydrogen) atoms. The van der Waals surface area contributed by atoms with Crippen LogP contribution in [0.5, 0.6) is 0 Å². The lowest BCUT2D eigenvalue weighted by Gasteiger charge is -2.06. The van der Waals surface area contributed by atoms with E-state index >= 15 is 0 Å². The van der Waals surface area contributed by atoms with Crippen molar-refractivity contribution < 1.29 is 14.3 Å². The second-order valence-corrected chi connectivity index (χ2v) is 5.62. The number of hydrogen-bond donors (Lipinski definition) is 2. The number of fused-ring (bicyclic) bond motifs is 1. The van der Waals surface area contributed by atoms with Crippen LogP contribution < -0.4 is 16.6 Å². The number of hydrogen-bond acceptors (Lipinski definition) is 6. The zero-order chi connectivity index (χ0) is 16.3. The second-order valence-electron chi connectivity index (χ2n) is 4.62. The van der Waals surface area contributed by atoms with Crippen LogP contribution in [0.2, 0.25) is 0 Å². The molecular weight excluding hydrogens is 308 g/mol. The number of methoxy groups -OCH3 is 1. The van der Waals surface area contributed by atoms with Gasteiger partial charge in [0.15, 0.2) is 0 Å². The van der Waals surface area contributed by atoms with Gasteiger partial charge >= 0.3 is 0 Å². The molecule has 0 saturated carbocycles. The molecule has 3 N–H and O–H groups in total. The molecule has 2 amide bonds. The van der Waals surface area contributed by atoms with Gasteiger partial charge in [-0.25, -0.2) is 4.98 Å². The molecule has 0 unspecified atom stereocenters. The molecule has 0 saturated heterocycles. The Balaban J connectivity index is 2.31. The van der Waals surface area contributed by atoms with Crippen molar-refractivity contribution in [1.82, 2.24) is 14.9 Å². The van der Waals surface area contributed by atoms with Crippen molar-refractivity contribution in [2.45, 2.75) is 13.5 Å². The normalized spacial score (nSPS) is 10.8. The van der Waals surface area contributed by atoms with Gasteiger partial charge < -0.3 is 15.8 Å². The van der Waals surface area contributed by atoms with E-state index in [4.69, 9.17) is 10.5 Å². The van der Waals surface area contributed by atoms with Gasteiger partial charge in [0, 0.05) is 13.7 Å². The monoisotopic (exact) mass is 324 g/mol. The fourth-order valence-electron chi connectivity index (χ4n) is 2.01. The van der Waals surface area contributed by atoms with E-state index in [1.54, 1.807) is 6.92 Å². The molecule has 2 aromatic heterocycles. The molecule has 9 heteroatoms. The molecule has 0 atom stereocenters. The Morgan fingerprint density at radius 3 is 2.86 bits per heavy atom. The van der Waals surface area contributed by atoms with Gasteiger partial charge in [0.2, 0.25) is 5.91 Å². The van der Waals surface area contributed by atoms with E-state index in [0.717, 1.165) is 11.3 Å². The summed E-state index contributed by atoms with van der Waals surface area (Å²) < 4.78 is 6.03. The third kappa shape index (κ3) is 3.15. The highest BCUT2D eigenvalue weighted by Gasteiger charge is 2.18. The Morgan fingerprint density at radius 2 is 2.23 bits per heavy atom. The first-order chi connectivity index (χ1) is 10.5. The van der Waals surface area contributed by atoms with Crippen molar-refractivity contribution in [3.8, 4) is 0 Å². The fraction of sp³-hybridized carbons (Fsp3) is 0.385. The van der Waals surface area contributed by atoms with Crippen molar-refractivity contribution >= 4 is 33.4 Å². The third-order valence-corrected chi connectivity index (χ3v) is 4.30. The lowest BCUT2D eigenvalue weighted by Crippen LogP contribution is -2.34. The minimum atomic E-state index is -0.594. The molecule has 2 rings (SSSR count). The van der Waals surface area contributed by atoms with Crippen molar-refractivity contribution in [3.05, 3.63) is 27.1 Å². The predicted molar refractivity (Wildman–Crippen MR) is 82.0 cm³/mol. The van der Waals surface area contributed by atoms with Gasteiger partial charge in [-0.05, 0) is 12.5 Å². The Bertz CT molecular complexity index is 780. The largest absolute Gasteiger partial charge is 0.383 e. The SMILES string of the molecule is COCCNC(=O)Cn1cnc2sc(C(N)=O)c(C)c2c1=O. The molecule has 0 spiro atoms. The zero-order valence-electron chi connectivity index (χ0n) is 12.2. The van der Waals surface area contributed by atoms with Crippen LogP contribution in [0.4, 0.5) is 0 Å². The van der Waals surface area contributed by atoms with Crippen molar-refractivity contribution in [3.63, 3.8) is 0 Å². The van der Waals surface area contributed by atoms with Crippen LogP contribution in [-0.2, 0) is 16.1 Å². The molecule has 0 radical (unpaired) electrons. The van der Waals surface area contributed by atoms with Gasteiger partial charge in [-0.3, -0.25) is 19.0 Å². The Hall–Kier alpha value is -2.26. The van der Waals surface area contributed by atoms with Gasteiger partial charge in [-0.2, -0.15) is 0 Å². The molecule has 0 aliphatic carbocycles. The molecular formula is C13H16N4O4S. The van der Waals surface area contributed by atoms with E-state index in [9.17, 15) is 14.4 Å². The fourth-order valence-corrected chi connectivity index (χ4v) is 3.00. The highest BCUT2D eigenvalue weighted by atomic mass is 32.1. The highest BCUT2D eigenvalue weighted by Crippen LogP contribution is 2.26. The van der Waals surface area contributed by atoms with Gasteiger partial charge in [-0.1, -0.05) is 0 Å². The number of nitrogens with zero attached hydrogens (tertiary/aromatic N) is 2. The summed E-state index contributed by atoms with van der Waals surface area (Å²) >= 11 is 1.07. The standard InChI is InChI=1S/C13H16N4O4S/c1-7-9-12(22-10(7)11(14)19)16-6-17(13(9)20)5-8(18)15-3-4-21-2/h6H,3-5H2,1-2H3,(H2,14,19)(H,15,18). The average molecular weight is 324 g/mol. The summed E-state index contributed by atoms with van der Waals surface area (Å²) in [6.07, 6.45) is 1.29. The third-order valence-electron chi connectivity index (χ3n) is 3.08. The maximum atomic E-state index is 12.4. The van der Waals surface area contributed by atoms with Gasteiger partial charge in [0.1, 0.15) is 11.4 Å². The lowest BCUT2D eigenvalue weighted by atomic mass is 10.2. The van der Waals surface area contributed by atoms with E-state index in [0.29, 0.717) is 33.8 Å². The molecule has 0 aliphatic heterocycles. The number of aromatic nitrogens is 2. The van der Waals surface area contributed by atoms with E-state index in [2.05, 4.69) is 10.3 Å². The number of amides is 2. The zero-order valence-corrected chi connectivity index (χ0v) is 13.0. The van der Waals surface area contributed by atoms with Crippen LogP contribution in [0, 0.1) is 6.92 Å². The molecule has 0 fully saturated rings. The number of primary amides is 1. The number of aryl methyl sites for hydroxylation is 1. The Kier molecular flexibility index (Phi) is 4.88. The molecule has 2 aromatic rings. The van der Waals surface area contributed by atoms with Crippen LogP contribution >= 0.6 is 11.3 Å². The van der Waals surface area contributed by atoms with Crippen molar-refractivity contribution in [1.29, 1.82) is 0 Å². The molecule has 0 bridgehead atoms. The van der Waals surface area contributed by atoms with E-state index < -0.39 is 5.91 Å². The van der Waals surface area contributed by atoms with Crippen LogP contribution in [0.3, 0.4) is 0 Å². The summed E-state index contributed by atoms with van der Waals surface area (Å²) in [6.45, 7) is 2.25. The first kappa shape index (κ1) is 16.1. The predicted octanol–water partition coefficient (Wildman–Crippen LogP) is -0.372. The van der Waals surface area contributed by atoms with Crippen LogP contribution in [0.25, 0.3) is 10.2 Å². The minimum absolute atomic E-state index is 0.146. The van der Waals surface area contributed by atoms with Gasteiger partial charge in [0.25, 0.3) is 11.5 Å². The van der Waals surface area contributed by atoms with Crippen LogP contribution in [0.15, 0.2) is 11.1 Å². The van der Waals surface area contributed by atoms with E-state index in [1.165, 1.54) is 18.0 Å². The van der Waals surface area contributed by atoms with Gasteiger partial charge in [0.05, 0.1) is 23.2 Å². The molecule has 0 aromatic carbocycles. The first-order valence-corrected chi connectivity index (χ1v) is 7.31. The number of nitrogens with two attached hydrogens (primary N) is 1. The smallest absolute Gasteiger partial charge is 0.262 e. The minimum Gasteiger partial charge on any atom is -0.383 e. The molecule has 8 nitrogen and oxygen atoms in total. The summed E-state index contributed by atoms with van der Waals surface area (Å²) in [5, 5.41) is 2.95. The summed E-state index contributed by atoms with van der Waals surface area (Å²) in [5.41, 5.74) is 5.41.